The van der Waals surface area contributed by atoms with Gasteiger partial charge in [0.05, 0.1) is 16.8 Å². The van der Waals surface area contributed by atoms with E-state index >= 15 is 0 Å². The van der Waals surface area contributed by atoms with Crippen LogP contribution in [0.2, 0.25) is 5.15 Å². The summed E-state index contributed by atoms with van der Waals surface area (Å²) in [7, 11) is 0. The molecule has 0 bridgehead atoms. The normalized spacial score (nSPS) is 11.2. The molecule has 0 amide bonds. The maximum absolute atomic E-state index is 10.6. The predicted octanol–water partition coefficient (Wildman–Crippen LogP) is 2.25. The van der Waals surface area contributed by atoms with Gasteiger partial charge in [0.1, 0.15) is 5.15 Å². The molecule has 0 spiro atoms. The molecule has 0 radical (unpaired) electrons. The Hall–Kier alpha value is -1.82. The van der Waals surface area contributed by atoms with Gasteiger partial charge in [-0.3, -0.25) is 10.1 Å². The lowest BCUT2D eigenvalue weighted by Gasteiger charge is -2.24. The average molecular weight is 271 g/mol. The minimum atomic E-state index is -0.482. The molecule has 0 fully saturated rings. The van der Waals surface area contributed by atoms with E-state index in [-0.39, 0.29) is 0 Å². The van der Waals surface area contributed by atoms with Crippen molar-refractivity contribution < 1.29 is 4.92 Å². The van der Waals surface area contributed by atoms with Gasteiger partial charge >= 0.3 is 0 Å². The Bertz CT molecular complexity index is 433. The van der Waals surface area contributed by atoms with Gasteiger partial charge in [0.15, 0.2) is 5.82 Å². The van der Waals surface area contributed by atoms with E-state index in [0.717, 1.165) is 11.9 Å². The molecule has 1 aromatic rings. The fourth-order valence-corrected chi connectivity index (χ4v) is 1.62. The van der Waals surface area contributed by atoms with Crippen molar-refractivity contribution in [2.45, 2.75) is 13.8 Å². The second-order valence-electron chi connectivity index (χ2n) is 3.41. The number of nitrogens with one attached hydrogen (secondary N) is 1. The van der Waals surface area contributed by atoms with Crippen molar-refractivity contribution in [3.05, 3.63) is 45.6 Å². The maximum Gasteiger partial charge on any atom is 0.274 e. The van der Waals surface area contributed by atoms with Gasteiger partial charge in [-0.15, -0.1) is 0 Å². The third-order valence-electron chi connectivity index (χ3n) is 2.22. The van der Waals surface area contributed by atoms with Crippen molar-refractivity contribution in [3.63, 3.8) is 0 Å². The summed E-state index contributed by atoms with van der Waals surface area (Å²) in [4.78, 5) is 15.9. The van der Waals surface area contributed by atoms with Crippen molar-refractivity contribution in [2.75, 3.05) is 18.0 Å². The van der Waals surface area contributed by atoms with Crippen LogP contribution < -0.4 is 10.2 Å². The third-order valence-corrected chi connectivity index (χ3v) is 2.44. The van der Waals surface area contributed by atoms with Crippen LogP contribution in [0, 0.1) is 10.1 Å². The Morgan fingerprint density at radius 1 is 1.61 bits per heavy atom. The second-order valence-corrected chi connectivity index (χ2v) is 3.80. The number of hydrogen-bond acceptors (Lipinski definition) is 5. The fourth-order valence-electron chi connectivity index (χ4n) is 1.51. The number of rotatable bonds is 6. The van der Waals surface area contributed by atoms with Gasteiger partial charge < -0.3 is 10.2 Å². The van der Waals surface area contributed by atoms with Gasteiger partial charge in [0, 0.05) is 13.1 Å². The Labute approximate surface area is 110 Å². The molecule has 1 rings (SSSR count). The highest BCUT2D eigenvalue weighted by atomic mass is 35.5. The molecule has 0 saturated heterocycles. The summed E-state index contributed by atoms with van der Waals surface area (Å²) in [5.74, 6) is 0.425. The second kappa shape index (κ2) is 6.80. The standard InChI is InChI=1S/C11H15ClN4O2/c1-3-13-11(8-16(17)18)15(4-2)9-5-6-10(12)14-7-9/h5-8,13H,3-4H2,1-2H3/b11-8+. The molecule has 18 heavy (non-hydrogen) atoms. The average Bonchev–Trinajstić information content (AvgIpc) is 2.32. The molecule has 6 nitrogen and oxygen atoms in total. The first-order valence-electron chi connectivity index (χ1n) is 5.56. The van der Waals surface area contributed by atoms with E-state index < -0.39 is 4.92 Å². The van der Waals surface area contributed by atoms with Crippen molar-refractivity contribution in [1.82, 2.24) is 10.3 Å². The van der Waals surface area contributed by atoms with E-state index in [1.165, 1.54) is 0 Å². The summed E-state index contributed by atoms with van der Waals surface area (Å²) in [6.45, 7) is 4.95. The first-order chi connectivity index (χ1) is 8.58. The van der Waals surface area contributed by atoms with E-state index in [4.69, 9.17) is 11.6 Å². The molecule has 0 aliphatic heterocycles. The quantitative estimate of drug-likeness (QED) is 0.488. The smallest absolute Gasteiger partial charge is 0.274 e. The van der Waals surface area contributed by atoms with E-state index in [9.17, 15) is 10.1 Å². The highest BCUT2D eigenvalue weighted by molar-refractivity contribution is 6.29. The van der Waals surface area contributed by atoms with Crippen LogP contribution in [-0.2, 0) is 0 Å². The molecule has 0 aromatic carbocycles. The minimum Gasteiger partial charge on any atom is -0.367 e. The van der Waals surface area contributed by atoms with E-state index in [1.807, 2.05) is 13.8 Å². The molecule has 98 valence electrons. The van der Waals surface area contributed by atoms with Crippen LogP contribution in [0.15, 0.2) is 30.4 Å². The minimum absolute atomic E-state index is 0.387. The number of halogens is 1. The molecule has 1 N–H and O–H groups in total. The first-order valence-corrected chi connectivity index (χ1v) is 5.94. The zero-order valence-electron chi connectivity index (χ0n) is 10.3. The lowest BCUT2D eigenvalue weighted by molar-refractivity contribution is -0.403. The molecule has 0 atom stereocenters. The SMILES string of the molecule is CCN/C(=C\[N+](=O)[O-])N(CC)c1ccc(Cl)nc1. The molecule has 1 aromatic heterocycles. The molecule has 7 heteroatoms. The number of nitro groups is 1. The van der Waals surface area contributed by atoms with E-state index in [0.29, 0.717) is 24.1 Å². The molecular formula is C11H15ClN4O2. The molecule has 0 aliphatic rings. The van der Waals surface area contributed by atoms with Crippen LogP contribution in [0.25, 0.3) is 0 Å². The van der Waals surface area contributed by atoms with E-state index in [2.05, 4.69) is 10.3 Å². The summed E-state index contributed by atoms with van der Waals surface area (Å²) < 4.78 is 0. The number of anilines is 1. The first kappa shape index (κ1) is 14.2. The van der Waals surface area contributed by atoms with Crippen molar-refractivity contribution >= 4 is 17.3 Å². The summed E-state index contributed by atoms with van der Waals surface area (Å²) >= 11 is 5.72. The summed E-state index contributed by atoms with van der Waals surface area (Å²) in [6, 6.07) is 3.42. The highest BCUT2D eigenvalue weighted by Crippen LogP contribution is 2.18. The summed E-state index contributed by atoms with van der Waals surface area (Å²) in [5, 5.41) is 14.0. The number of hydrogen-bond donors (Lipinski definition) is 1. The number of aromatic nitrogens is 1. The summed E-state index contributed by atoms with van der Waals surface area (Å²) in [6.07, 6.45) is 2.53. The molecule has 0 aliphatic carbocycles. The monoisotopic (exact) mass is 270 g/mol. The molecular weight excluding hydrogens is 256 g/mol. The van der Waals surface area contributed by atoms with Gasteiger partial charge in [0.25, 0.3) is 6.20 Å². The predicted molar refractivity (Wildman–Crippen MR) is 71.0 cm³/mol. The third kappa shape index (κ3) is 3.89. The Kier molecular flexibility index (Phi) is 5.38. The van der Waals surface area contributed by atoms with Crippen molar-refractivity contribution in [1.29, 1.82) is 0 Å². The maximum atomic E-state index is 10.6. The Morgan fingerprint density at radius 2 is 2.33 bits per heavy atom. The van der Waals surface area contributed by atoms with Gasteiger partial charge in [-0.05, 0) is 26.0 Å². The topological polar surface area (TPSA) is 71.3 Å². The molecule has 0 saturated carbocycles. The number of nitrogens with zero attached hydrogens (tertiary/aromatic N) is 3. The van der Waals surface area contributed by atoms with Crippen LogP contribution in [0.4, 0.5) is 5.69 Å². The molecule has 1 heterocycles. The van der Waals surface area contributed by atoms with Crippen LogP contribution >= 0.6 is 11.6 Å². The van der Waals surface area contributed by atoms with Crippen LogP contribution in [0.5, 0.6) is 0 Å². The van der Waals surface area contributed by atoms with Gasteiger partial charge in [0.2, 0.25) is 0 Å². The molecule has 0 unspecified atom stereocenters. The van der Waals surface area contributed by atoms with Crippen molar-refractivity contribution in [3.8, 4) is 0 Å². The zero-order valence-corrected chi connectivity index (χ0v) is 11.0. The zero-order chi connectivity index (χ0) is 13.5. The highest BCUT2D eigenvalue weighted by Gasteiger charge is 2.13. The van der Waals surface area contributed by atoms with Crippen molar-refractivity contribution in [2.24, 2.45) is 0 Å². The van der Waals surface area contributed by atoms with Crippen LogP contribution in [-0.4, -0.2) is 23.0 Å². The number of pyridine rings is 1. The van der Waals surface area contributed by atoms with Gasteiger partial charge in [-0.2, -0.15) is 0 Å². The Balaban J connectivity index is 3.05. The lowest BCUT2D eigenvalue weighted by Crippen LogP contribution is -2.32. The van der Waals surface area contributed by atoms with E-state index in [1.54, 1.807) is 23.2 Å². The summed E-state index contributed by atoms with van der Waals surface area (Å²) in [5.41, 5.74) is 0.746. The van der Waals surface area contributed by atoms with Crippen LogP contribution in [0.3, 0.4) is 0 Å². The van der Waals surface area contributed by atoms with Gasteiger partial charge in [-0.25, -0.2) is 4.98 Å². The fraction of sp³-hybridized carbons (Fsp3) is 0.364. The Morgan fingerprint density at radius 3 is 2.78 bits per heavy atom. The lowest BCUT2D eigenvalue weighted by atomic mass is 10.3. The largest absolute Gasteiger partial charge is 0.367 e. The van der Waals surface area contributed by atoms with Gasteiger partial charge in [-0.1, -0.05) is 11.6 Å². The van der Waals surface area contributed by atoms with Crippen LogP contribution in [0.1, 0.15) is 13.8 Å².